The van der Waals surface area contributed by atoms with Crippen LogP contribution in [0, 0.1) is 0 Å². The van der Waals surface area contributed by atoms with E-state index in [0.717, 1.165) is 5.56 Å². The Labute approximate surface area is 130 Å². The molecule has 22 heavy (non-hydrogen) atoms. The van der Waals surface area contributed by atoms with Crippen LogP contribution in [0.5, 0.6) is 0 Å². The molecule has 1 atom stereocenters. The fourth-order valence-corrected chi connectivity index (χ4v) is 2.15. The molecule has 6 heteroatoms. The lowest BCUT2D eigenvalue weighted by molar-refractivity contribution is -0.148. The van der Waals surface area contributed by atoms with Crippen LogP contribution in [0.2, 0.25) is 0 Å². The molecular formula is C16H22N4O2. The molecule has 0 aliphatic rings. The minimum absolute atomic E-state index is 0.330. The van der Waals surface area contributed by atoms with E-state index in [9.17, 15) is 4.79 Å². The van der Waals surface area contributed by atoms with E-state index >= 15 is 0 Å². The van der Waals surface area contributed by atoms with E-state index < -0.39 is 6.04 Å². The second-order valence-corrected chi connectivity index (χ2v) is 5.39. The van der Waals surface area contributed by atoms with Gasteiger partial charge in [0.2, 0.25) is 5.82 Å². The first-order valence-corrected chi connectivity index (χ1v) is 7.63. The highest BCUT2D eigenvalue weighted by Gasteiger charge is 2.23. The standard InChI is InChI=1S/C16H22N4O2/c1-5-14(16(21)22-6-2)20-18-15(17-19-20)13-9-7-12(8-10-13)11(3)4/h7-11,14H,5-6H2,1-4H3/t14-/m0/s1. The van der Waals surface area contributed by atoms with Crippen molar-refractivity contribution >= 4 is 5.97 Å². The zero-order chi connectivity index (χ0) is 16.1. The summed E-state index contributed by atoms with van der Waals surface area (Å²) in [4.78, 5) is 13.2. The van der Waals surface area contributed by atoms with Gasteiger partial charge >= 0.3 is 5.97 Å². The van der Waals surface area contributed by atoms with E-state index in [0.29, 0.717) is 24.8 Å². The summed E-state index contributed by atoms with van der Waals surface area (Å²) in [5, 5.41) is 12.4. The van der Waals surface area contributed by atoms with Gasteiger partial charge in [-0.2, -0.15) is 0 Å². The van der Waals surface area contributed by atoms with Gasteiger partial charge in [0.15, 0.2) is 6.04 Å². The van der Waals surface area contributed by atoms with Crippen molar-refractivity contribution in [2.45, 2.75) is 46.1 Å². The highest BCUT2D eigenvalue weighted by Crippen LogP contribution is 2.20. The quantitative estimate of drug-likeness (QED) is 0.767. The van der Waals surface area contributed by atoms with Crippen molar-refractivity contribution in [1.82, 2.24) is 20.2 Å². The summed E-state index contributed by atoms with van der Waals surface area (Å²) in [5.41, 5.74) is 2.14. The van der Waals surface area contributed by atoms with Gasteiger partial charge in [0.25, 0.3) is 0 Å². The molecule has 0 saturated carbocycles. The molecule has 2 rings (SSSR count). The number of rotatable bonds is 6. The summed E-state index contributed by atoms with van der Waals surface area (Å²) in [6.07, 6.45) is 0.556. The normalized spacial score (nSPS) is 12.4. The molecule has 118 valence electrons. The van der Waals surface area contributed by atoms with Crippen LogP contribution in [0.4, 0.5) is 0 Å². The van der Waals surface area contributed by atoms with Crippen LogP contribution in [-0.2, 0) is 9.53 Å². The third-order valence-electron chi connectivity index (χ3n) is 3.49. The maximum absolute atomic E-state index is 11.9. The summed E-state index contributed by atoms with van der Waals surface area (Å²) in [6.45, 7) is 8.31. The van der Waals surface area contributed by atoms with Gasteiger partial charge in [-0.05, 0) is 30.0 Å². The number of nitrogens with zero attached hydrogens (tertiary/aromatic N) is 4. The third kappa shape index (κ3) is 3.50. The van der Waals surface area contributed by atoms with Crippen LogP contribution in [0.1, 0.15) is 51.6 Å². The Balaban J connectivity index is 2.21. The average Bonchev–Trinajstić information content (AvgIpc) is 2.98. The molecule has 1 aromatic heterocycles. The Morgan fingerprint density at radius 2 is 1.91 bits per heavy atom. The van der Waals surface area contributed by atoms with Crippen molar-refractivity contribution in [2.75, 3.05) is 6.61 Å². The Morgan fingerprint density at radius 3 is 2.45 bits per heavy atom. The molecule has 1 aromatic carbocycles. The Bertz CT molecular complexity index is 619. The molecule has 0 spiro atoms. The van der Waals surface area contributed by atoms with Gasteiger partial charge < -0.3 is 4.74 Å². The Morgan fingerprint density at radius 1 is 1.23 bits per heavy atom. The predicted molar refractivity (Wildman–Crippen MR) is 83.3 cm³/mol. The first-order valence-electron chi connectivity index (χ1n) is 7.63. The van der Waals surface area contributed by atoms with E-state index in [1.807, 2.05) is 19.1 Å². The second-order valence-electron chi connectivity index (χ2n) is 5.39. The molecule has 0 unspecified atom stereocenters. The topological polar surface area (TPSA) is 69.9 Å². The highest BCUT2D eigenvalue weighted by atomic mass is 16.5. The van der Waals surface area contributed by atoms with Crippen LogP contribution in [0.25, 0.3) is 11.4 Å². The predicted octanol–water partition coefficient (Wildman–Crippen LogP) is 2.98. The minimum atomic E-state index is -0.531. The average molecular weight is 302 g/mol. The van der Waals surface area contributed by atoms with E-state index in [1.54, 1.807) is 6.92 Å². The van der Waals surface area contributed by atoms with Crippen molar-refractivity contribution in [3.63, 3.8) is 0 Å². The minimum Gasteiger partial charge on any atom is -0.464 e. The number of aromatic nitrogens is 4. The molecule has 2 aromatic rings. The van der Waals surface area contributed by atoms with Crippen LogP contribution >= 0.6 is 0 Å². The number of benzene rings is 1. The van der Waals surface area contributed by atoms with Crippen LogP contribution in [-0.4, -0.2) is 32.8 Å². The number of esters is 1. The highest BCUT2D eigenvalue weighted by molar-refractivity contribution is 5.73. The van der Waals surface area contributed by atoms with Crippen LogP contribution in [0.15, 0.2) is 24.3 Å². The molecule has 0 aliphatic carbocycles. The van der Waals surface area contributed by atoms with E-state index in [-0.39, 0.29) is 5.97 Å². The third-order valence-corrected chi connectivity index (χ3v) is 3.49. The molecule has 0 bridgehead atoms. The van der Waals surface area contributed by atoms with Crippen molar-refractivity contribution in [1.29, 1.82) is 0 Å². The van der Waals surface area contributed by atoms with Crippen LogP contribution in [0.3, 0.4) is 0 Å². The summed E-state index contributed by atoms with van der Waals surface area (Å²) in [5.74, 6) is 0.660. The monoisotopic (exact) mass is 302 g/mol. The van der Waals surface area contributed by atoms with Gasteiger partial charge in [-0.1, -0.05) is 45.0 Å². The molecule has 0 N–H and O–H groups in total. The SMILES string of the molecule is CCOC(=O)[C@H](CC)n1nnc(-c2ccc(C(C)C)cc2)n1. The lowest BCUT2D eigenvalue weighted by Crippen LogP contribution is -2.23. The number of hydrogen-bond donors (Lipinski definition) is 0. The van der Waals surface area contributed by atoms with Gasteiger partial charge in [-0.3, -0.25) is 0 Å². The molecule has 0 fully saturated rings. The Kier molecular flexibility index (Phi) is 5.25. The molecular weight excluding hydrogens is 280 g/mol. The van der Waals surface area contributed by atoms with Crippen molar-refractivity contribution in [3.8, 4) is 11.4 Å². The first kappa shape index (κ1) is 16.1. The molecule has 0 aliphatic heterocycles. The Hall–Kier alpha value is -2.24. The van der Waals surface area contributed by atoms with E-state index in [2.05, 4.69) is 41.4 Å². The molecule has 0 radical (unpaired) electrons. The maximum atomic E-state index is 11.9. The van der Waals surface area contributed by atoms with Gasteiger partial charge in [0.1, 0.15) is 0 Å². The molecule has 0 amide bonds. The summed E-state index contributed by atoms with van der Waals surface area (Å²) in [6, 6.07) is 7.53. The van der Waals surface area contributed by atoms with Gasteiger partial charge in [0.05, 0.1) is 6.61 Å². The number of carbonyl (C=O) groups excluding carboxylic acids is 1. The van der Waals surface area contributed by atoms with Crippen molar-refractivity contribution in [3.05, 3.63) is 29.8 Å². The smallest absolute Gasteiger partial charge is 0.332 e. The van der Waals surface area contributed by atoms with E-state index in [1.165, 1.54) is 10.4 Å². The number of ether oxygens (including phenoxy) is 1. The second kappa shape index (κ2) is 7.15. The number of carbonyl (C=O) groups is 1. The lowest BCUT2D eigenvalue weighted by atomic mass is 10.0. The maximum Gasteiger partial charge on any atom is 0.332 e. The first-order chi connectivity index (χ1) is 10.6. The van der Waals surface area contributed by atoms with Crippen molar-refractivity contribution < 1.29 is 9.53 Å². The summed E-state index contributed by atoms with van der Waals surface area (Å²) < 4.78 is 5.04. The van der Waals surface area contributed by atoms with E-state index in [4.69, 9.17) is 4.74 Å². The zero-order valence-electron chi connectivity index (χ0n) is 13.5. The summed E-state index contributed by atoms with van der Waals surface area (Å²) in [7, 11) is 0. The lowest BCUT2D eigenvalue weighted by Gasteiger charge is -2.11. The van der Waals surface area contributed by atoms with Gasteiger partial charge in [-0.15, -0.1) is 15.0 Å². The van der Waals surface area contributed by atoms with Crippen LogP contribution < -0.4 is 0 Å². The van der Waals surface area contributed by atoms with Gasteiger partial charge in [-0.25, -0.2) is 4.79 Å². The largest absolute Gasteiger partial charge is 0.464 e. The number of tetrazole rings is 1. The molecule has 1 heterocycles. The summed E-state index contributed by atoms with van der Waals surface area (Å²) >= 11 is 0. The molecule has 6 nitrogen and oxygen atoms in total. The fourth-order valence-electron chi connectivity index (χ4n) is 2.15. The van der Waals surface area contributed by atoms with Gasteiger partial charge in [0, 0.05) is 5.56 Å². The molecule has 0 saturated heterocycles. The zero-order valence-corrected chi connectivity index (χ0v) is 13.5. The number of hydrogen-bond acceptors (Lipinski definition) is 5. The fraction of sp³-hybridized carbons (Fsp3) is 0.500. The van der Waals surface area contributed by atoms with Crippen molar-refractivity contribution in [2.24, 2.45) is 0 Å².